The highest BCUT2D eigenvalue weighted by Crippen LogP contribution is 2.18. The first-order valence-electron chi connectivity index (χ1n) is 4.71. The molecule has 0 aliphatic heterocycles. The number of hydrogen-bond acceptors (Lipinski definition) is 4. The Labute approximate surface area is 110 Å². The van der Waals surface area contributed by atoms with Crippen molar-refractivity contribution in [3.8, 4) is 5.75 Å². The van der Waals surface area contributed by atoms with Gasteiger partial charge in [-0.25, -0.2) is 9.78 Å². The normalized spacial score (nSPS) is 10.2. The van der Waals surface area contributed by atoms with Crippen LogP contribution in [0, 0.1) is 0 Å². The lowest BCUT2D eigenvalue weighted by Crippen LogP contribution is -1.99. The SMILES string of the molecule is O=C(O)c1csc(COc2ccc(Br)cc2)n1. The van der Waals surface area contributed by atoms with Crippen LogP contribution in [0.5, 0.6) is 5.75 Å². The fourth-order valence-electron chi connectivity index (χ4n) is 1.15. The van der Waals surface area contributed by atoms with Gasteiger partial charge in [-0.3, -0.25) is 0 Å². The van der Waals surface area contributed by atoms with Gasteiger partial charge in [0.15, 0.2) is 5.69 Å². The molecule has 0 atom stereocenters. The fourth-order valence-corrected chi connectivity index (χ4v) is 2.09. The Morgan fingerprint density at radius 1 is 1.41 bits per heavy atom. The maximum Gasteiger partial charge on any atom is 0.355 e. The van der Waals surface area contributed by atoms with E-state index in [1.807, 2.05) is 24.3 Å². The molecule has 0 bridgehead atoms. The van der Waals surface area contributed by atoms with Crippen LogP contribution in [0.1, 0.15) is 15.5 Å². The lowest BCUT2D eigenvalue weighted by atomic mass is 10.3. The van der Waals surface area contributed by atoms with Gasteiger partial charge in [0.25, 0.3) is 0 Å². The Hall–Kier alpha value is -1.40. The predicted molar refractivity (Wildman–Crippen MR) is 67.5 cm³/mol. The summed E-state index contributed by atoms with van der Waals surface area (Å²) in [7, 11) is 0. The minimum absolute atomic E-state index is 0.0596. The molecule has 1 aromatic carbocycles. The molecule has 1 aromatic heterocycles. The van der Waals surface area contributed by atoms with Gasteiger partial charge in [-0.1, -0.05) is 15.9 Å². The van der Waals surface area contributed by atoms with E-state index in [1.54, 1.807) is 0 Å². The van der Waals surface area contributed by atoms with Crippen molar-refractivity contribution in [3.05, 3.63) is 44.8 Å². The highest BCUT2D eigenvalue weighted by Gasteiger charge is 2.08. The van der Waals surface area contributed by atoms with Crippen LogP contribution in [-0.4, -0.2) is 16.1 Å². The van der Waals surface area contributed by atoms with E-state index >= 15 is 0 Å². The number of aromatic carboxylic acids is 1. The molecule has 6 heteroatoms. The lowest BCUT2D eigenvalue weighted by Gasteiger charge is -2.03. The number of benzene rings is 1. The van der Waals surface area contributed by atoms with Gasteiger partial charge in [-0.05, 0) is 24.3 Å². The van der Waals surface area contributed by atoms with Crippen LogP contribution >= 0.6 is 27.3 Å². The summed E-state index contributed by atoms with van der Waals surface area (Å²) >= 11 is 4.60. The molecule has 0 aliphatic rings. The van der Waals surface area contributed by atoms with Gasteiger partial charge >= 0.3 is 5.97 Å². The van der Waals surface area contributed by atoms with Gasteiger partial charge in [0.1, 0.15) is 17.4 Å². The number of carboxylic acids is 1. The van der Waals surface area contributed by atoms with Gasteiger partial charge in [0.05, 0.1) is 0 Å². The number of ether oxygens (including phenoxy) is 1. The van der Waals surface area contributed by atoms with Gasteiger partial charge in [0, 0.05) is 9.85 Å². The van der Waals surface area contributed by atoms with Crippen molar-refractivity contribution in [1.82, 2.24) is 4.98 Å². The number of nitrogens with zero attached hydrogens (tertiary/aromatic N) is 1. The first kappa shape index (κ1) is 12.1. The lowest BCUT2D eigenvalue weighted by molar-refractivity contribution is 0.0691. The average molecular weight is 314 g/mol. The highest BCUT2D eigenvalue weighted by molar-refractivity contribution is 9.10. The maximum absolute atomic E-state index is 10.6. The molecule has 0 radical (unpaired) electrons. The van der Waals surface area contributed by atoms with Gasteiger partial charge in [-0.2, -0.15) is 0 Å². The van der Waals surface area contributed by atoms with Gasteiger partial charge < -0.3 is 9.84 Å². The number of rotatable bonds is 4. The van der Waals surface area contributed by atoms with Crippen molar-refractivity contribution in [2.45, 2.75) is 6.61 Å². The molecule has 0 saturated heterocycles. The summed E-state index contributed by atoms with van der Waals surface area (Å²) in [6, 6.07) is 7.41. The van der Waals surface area contributed by atoms with Crippen LogP contribution in [-0.2, 0) is 6.61 Å². The summed E-state index contributed by atoms with van der Waals surface area (Å²) in [5.41, 5.74) is 0.0596. The number of carbonyl (C=O) groups is 1. The first-order valence-corrected chi connectivity index (χ1v) is 6.38. The van der Waals surface area contributed by atoms with Gasteiger partial charge in [-0.15, -0.1) is 11.3 Å². The van der Waals surface area contributed by atoms with E-state index in [-0.39, 0.29) is 12.3 Å². The van der Waals surface area contributed by atoms with Crippen LogP contribution < -0.4 is 4.74 Å². The topological polar surface area (TPSA) is 59.4 Å². The summed E-state index contributed by atoms with van der Waals surface area (Å²) in [4.78, 5) is 14.6. The minimum atomic E-state index is -1.02. The molecule has 0 unspecified atom stereocenters. The molecule has 1 heterocycles. The number of thiazole rings is 1. The molecule has 0 saturated carbocycles. The predicted octanol–water partition coefficient (Wildman–Crippen LogP) is 3.18. The molecule has 0 spiro atoms. The zero-order valence-electron chi connectivity index (χ0n) is 8.59. The maximum atomic E-state index is 10.6. The summed E-state index contributed by atoms with van der Waals surface area (Å²) < 4.78 is 6.45. The van der Waals surface area contributed by atoms with Crippen molar-refractivity contribution in [3.63, 3.8) is 0 Å². The second kappa shape index (κ2) is 5.29. The van der Waals surface area contributed by atoms with Crippen molar-refractivity contribution >= 4 is 33.2 Å². The Morgan fingerprint density at radius 2 is 2.12 bits per heavy atom. The Balaban J connectivity index is 1.97. The first-order chi connectivity index (χ1) is 8.15. The van der Waals surface area contributed by atoms with Crippen LogP contribution in [0.3, 0.4) is 0 Å². The third-order valence-corrected chi connectivity index (χ3v) is 3.30. The summed E-state index contributed by atoms with van der Waals surface area (Å²) in [5, 5.41) is 10.9. The minimum Gasteiger partial charge on any atom is -0.486 e. The van der Waals surface area contributed by atoms with E-state index in [9.17, 15) is 4.79 Å². The van der Waals surface area contributed by atoms with E-state index in [0.717, 1.165) is 10.2 Å². The quantitative estimate of drug-likeness (QED) is 0.941. The summed E-state index contributed by atoms with van der Waals surface area (Å²) in [6.45, 7) is 0.277. The Morgan fingerprint density at radius 3 is 2.71 bits per heavy atom. The summed E-state index contributed by atoms with van der Waals surface area (Å²) in [6.07, 6.45) is 0. The molecule has 0 fully saturated rings. The molecule has 4 nitrogen and oxygen atoms in total. The van der Waals surface area contributed by atoms with Crippen molar-refractivity contribution in [2.24, 2.45) is 0 Å². The zero-order valence-corrected chi connectivity index (χ0v) is 11.0. The molecular formula is C11H8BrNO3S. The van der Waals surface area contributed by atoms with E-state index in [1.165, 1.54) is 16.7 Å². The number of carboxylic acid groups (broad SMARTS) is 1. The second-order valence-corrected chi connectivity index (χ2v) is 5.03. The molecule has 2 aromatic rings. The zero-order chi connectivity index (χ0) is 12.3. The smallest absolute Gasteiger partial charge is 0.355 e. The van der Waals surface area contributed by atoms with E-state index in [4.69, 9.17) is 9.84 Å². The van der Waals surface area contributed by atoms with Crippen LogP contribution in [0.2, 0.25) is 0 Å². The van der Waals surface area contributed by atoms with Crippen LogP contribution in [0.4, 0.5) is 0 Å². The van der Waals surface area contributed by atoms with Gasteiger partial charge in [0.2, 0.25) is 0 Å². The Kier molecular flexibility index (Phi) is 3.75. The third kappa shape index (κ3) is 3.28. The number of aromatic nitrogens is 1. The largest absolute Gasteiger partial charge is 0.486 e. The third-order valence-electron chi connectivity index (χ3n) is 1.95. The van der Waals surface area contributed by atoms with Crippen LogP contribution in [0.25, 0.3) is 0 Å². The number of halogens is 1. The van der Waals surface area contributed by atoms with Crippen LogP contribution in [0.15, 0.2) is 34.1 Å². The van der Waals surface area contributed by atoms with E-state index in [2.05, 4.69) is 20.9 Å². The standard InChI is InChI=1S/C11H8BrNO3S/c12-7-1-3-8(4-2-7)16-5-10-13-9(6-17-10)11(14)15/h1-4,6H,5H2,(H,14,15). The second-order valence-electron chi connectivity index (χ2n) is 3.17. The summed E-state index contributed by atoms with van der Waals surface area (Å²) in [5.74, 6) is -0.295. The molecule has 88 valence electrons. The van der Waals surface area contributed by atoms with Crippen molar-refractivity contribution in [2.75, 3.05) is 0 Å². The molecule has 0 amide bonds. The monoisotopic (exact) mass is 313 g/mol. The Bertz CT molecular complexity index is 524. The highest BCUT2D eigenvalue weighted by atomic mass is 79.9. The van der Waals surface area contributed by atoms with E-state index in [0.29, 0.717) is 5.01 Å². The molecule has 0 aliphatic carbocycles. The number of hydrogen-bond donors (Lipinski definition) is 1. The fraction of sp³-hybridized carbons (Fsp3) is 0.0909. The van der Waals surface area contributed by atoms with Crippen molar-refractivity contribution < 1.29 is 14.6 Å². The average Bonchev–Trinajstić information content (AvgIpc) is 2.77. The molecule has 2 rings (SSSR count). The molecule has 17 heavy (non-hydrogen) atoms. The van der Waals surface area contributed by atoms with Crippen molar-refractivity contribution in [1.29, 1.82) is 0 Å². The van der Waals surface area contributed by atoms with E-state index < -0.39 is 5.97 Å². The molecular weight excluding hydrogens is 306 g/mol. The molecule has 1 N–H and O–H groups in total.